The van der Waals surface area contributed by atoms with Crippen molar-refractivity contribution in [2.75, 3.05) is 0 Å². The molecule has 5 heteroatoms. The van der Waals surface area contributed by atoms with Gasteiger partial charge in [0.25, 0.3) is 5.91 Å². The molecule has 2 N–H and O–H groups in total. The maximum Gasteiger partial charge on any atom is 0.270 e. The van der Waals surface area contributed by atoms with Crippen LogP contribution in [0.1, 0.15) is 29.3 Å². The number of hydrogen-bond acceptors (Lipinski definition) is 3. The van der Waals surface area contributed by atoms with E-state index < -0.39 is 0 Å². The monoisotopic (exact) mass is 316 g/mol. The highest BCUT2D eigenvalue weighted by molar-refractivity contribution is 5.95. The number of benzene rings is 2. The number of H-pyrrole nitrogens is 1. The third kappa shape index (κ3) is 2.60. The van der Waals surface area contributed by atoms with E-state index in [1.54, 1.807) is 6.07 Å². The molecule has 0 saturated heterocycles. The zero-order valence-corrected chi connectivity index (χ0v) is 13.2. The number of pyridine rings is 1. The van der Waals surface area contributed by atoms with Crippen LogP contribution in [-0.2, 0) is 0 Å². The fourth-order valence-corrected chi connectivity index (χ4v) is 2.71. The van der Waals surface area contributed by atoms with E-state index in [0.717, 1.165) is 27.8 Å². The van der Waals surface area contributed by atoms with Crippen molar-refractivity contribution in [1.29, 1.82) is 0 Å². The minimum atomic E-state index is -0.238. The molecule has 4 rings (SSSR count). The molecule has 0 aliphatic heterocycles. The number of carbonyl (C=O) groups excluding carboxylic acids is 1. The number of nitrogens with one attached hydrogen (secondary N) is 2. The van der Waals surface area contributed by atoms with Crippen LogP contribution >= 0.6 is 0 Å². The van der Waals surface area contributed by atoms with Crippen LogP contribution in [0.15, 0.2) is 60.7 Å². The Morgan fingerprint density at radius 3 is 2.54 bits per heavy atom. The van der Waals surface area contributed by atoms with Crippen molar-refractivity contribution in [3.05, 3.63) is 72.2 Å². The molecule has 1 amide bonds. The van der Waals surface area contributed by atoms with Crippen LogP contribution in [0.5, 0.6) is 0 Å². The van der Waals surface area contributed by atoms with E-state index in [1.807, 2.05) is 61.5 Å². The summed E-state index contributed by atoms with van der Waals surface area (Å²) in [5.74, 6) is 0.513. The topological polar surface area (TPSA) is 70.7 Å². The summed E-state index contributed by atoms with van der Waals surface area (Å²) in [6, 6.07) is 18.9. The molecule has 118 valence electrons. The molecular weight excluding hydrogens is 300 g/mol. The number of fused-ring (bicyclic) bond motifs is 2. The third-order valence-corrected chi connectivity index (χ3v) is 4.00. The van der Waals surface area contributed by atoms with Gasteiger partial charge >= 0.3 is 0 Å². The second-order valence-corrected chi connectivity index (χ2v) is 5.72. The van der Waals surface area contributed by atoms with Gasteiger partial charge in [-0.05, 0) is 31.2 Å². The van der Waals surface area contributed by atoms with E-state index in [4.69, 9.17) is 0 Å². The lowest BCUT2D eigenvalue weighted by Gasteiger charge is -2.11. The summed E-state index contributed by atoms with van der Waals surface area (Å²) in [6.07, 6.45) is 0. The third-order valence-electron chi connectivity index (χ3n) is 4.00. The molecule has 0 radical (unpaired) electrons. The molecule has 0 bridgehead atoms. The molecule has 2 aromatic carbocycles. The SMILES string of the molecule is CC(NC(=O)c1ccc2ccccc2n1)c1nc2ccccc2[nH]1. The Labute approximate surface area is 138 Å². The van der Waals surface area contributed by atoms with Gasteiger partial charge in [0.1, 0.15) is 11.5 Å². The fraction of sp³-hybridized carbons (Fsp3) is 0.105. The van der Waals surface area contributed by atoms with E-state index in [-0.39, 0.29) is 11.9 Å². The maximum absolute atomic E-state index is 12.5. The predicted octanol–water partition coefficient (Wildman–Crippen LogP) is 3.60. The van der Waals surface area contributed by atoms with E-state index in [9.17, 15) is 4.79 Å². The molecule has 4 aromatic rings. The highest BCUT2D eigenvalue weighted by Crippen LogP contribution is 2.16. The molecule has 1 unspecified atom stereocenters. The Morgan fingerprint density at radius 2 is 1.71 bits per heavy atom. The summed E-state index contributed by atoms with van der Waals surface area (Å²) in [6.45, 7) is 1.90. The van der Waals surface area contributed by atoms with Crippen LogP contribution < -0.4 is 5.32 Å². The lowest BCUT2D eigenvalue weighted by atomic mass is 10.2. The first-order valence-electron chi connectivity index (χ1n) is 7.82. The van der Waals surface area contributed by atoms with Gasteiger partial charge in [0.2, 0.25) is 0 Å². The van der Waals surface area contributed by atoms with E-state index in [0.29, 0.717) is 5.69 Å². The van der Waals surface area contributed by atoms with Gasteiger partial charge in [-0.1, -0.05) is 36.4 Å². The van der Waals surface area contributed by atoms with Crippen LogP contribution in [0, 0.1) is 0 Å². The lowest BCUT2D eigenvalue weighted by Crippen LogP contribution is -2.28. The van der Waals surface area contributed by atoms with Gasteiger partial charge < -0.3 is 10.3 Å². The molecule has 2 heterocycles. The van der Waals surface area contributed by atoms with Crippen molar-refractivity contribution in [3.8, 4) is 0 Å². The van der Waals surface area contributed by atoms with Gasteiger partial charge in [-0.2, -0.15) is 0 Å². The Bertz CT molecular complexity index is 1000. The van der Waals surface area contributed by atoms with Crippen molar-refractivity contribution in [2.24, 2.45) is 0 Å². The van der Waals surface area contributed by atoms with Crippen LogP contribution in [0.4, 0.5) is 0 Å². The Hall–Kier alpha value is -3.21. The second kappa shape index (κ2) is 5.77. The molecule has 0 saturated carbocycles. The first kappa shape index (κ1) is 14.4. The average molecular weight is 316 g/mol. The molecule has 0 aliphatic carbocycles. The van der Waals surface area contributed by atoms with Crippen molar-refractivity contribution in [1.82, 2.24) is 20.3 Å². The highest BCUT2D eigenvalue weighted by Gasteiger charge is 2.15. The summed E-state index contributed by atoms with van der Waals surface area (Å²) in [5, 5.41) is 3.96. The maximum atomic E-state index is 12.5. The van der Waals surface area contributed by atoms with Crippen LogP contribution in [0.25, 0.3) is 21.9 Å². The minimum Gasteiger partial charge on any atom is -0.341 e. The van der Waals surface area contributed by atoms with Crippen LogP contribution in [0.2, 0.25) is 0 Å². The Kier molecular flexibility index (Phi) is 3.46. The van der Waals surface area contributed by atoms with E-state index in [1.165, 1.54) is 0 Å². The van der Waals surface area contributed by atoms with Gasteiger partial charge in [0.15, 0.2) is 0 Å². The number of carbonyl (C=O) groups is 1. The van der Waals surface area contributed by atoms with Crippen molar-refractivity contribution >= 4 is 27.8 Å². The molecule has 0 fully saturated rings. The summed E-state index contributed by atoms with van der Waals surface area (Å²) in [5.41, 5.74) is 3.05. The van der Waals surface area contributed by atoms with E-state index in [2.05, 4.69) is 20.3 Å². The predicted molar refractivity (Wildman–Crippen MR) is 93.7 cm³/mol. The molecule has 1 atom stereocenters. The smallest absolute Gasteiger partial charge is 0.270 e. The van der Waals surface area contributed by atoms with Crippen molar-refractivity contribution in [3.63, 3.8) is 0 Å². The fourth-order valence-electron chi connectivity index (χ4n) is 2.71. The number of amides is 1. The minimum absolute atomic E-state index is 0.214. The van der Waals surface area contributed by atoms with Crippen molar-refractivity contribution in [2.45, 2.75) is 13.0 Å². The number of aromatic nitrogens is 3. The van der Waals surface area contributed by atoms with Gasteiger partial charge in [0, 0.05) is 5.39 Å². The largest absolute Gasteiger partial charge is 0.341 e. The van der Waals surface area contributed by atoms with Gasteiger partial charge in [0.05, 0.1) is 22.6 Å². The average Bonchev–Trinajstić information content (AvgIpc) is 3.05. The molecule has 0 aliphatic rings. The summed E-state index contributed by atoms with van der Waals surface area (Å²) >= 11 is 0. The summed E-state index contributed by atoms with van der Waals surface area (Å²) in [4.78, 5) is 24.6. The Balaban J connectivity index is 1.57. The number of rotatable bonds is 3. The lowest BCUT2D eigenvalue weighted by molar-refractivity contribution is 0.0934. The van der Waals surface area contributed by atoms with Gasteiger partial charge in [-0.25, -0.2) is 9.97 Å². The molecule has 24 heavy (non-hydrogen) atoms. The highest BCUT2D eigenvalue weighted by atomic mass is 16.1. The first-order chi connectivity index (χ1) is 11.7. The van der Waals surface area contributed by atoms with Gasteiger partial charge in [-0.3, -0.25) is 4.79 Å². The standard InChI is InChI=1S/C19H16N4O/c1-12(18-22-15-8-4-5-9-16(15)23-18)20-19(24)17-11-10-13-6-2-3-7-14(13)21-17/h2-12H,1H3,(H,20,24)(H,22,23). The normalized spacial score (nSPS) is 12.4. The zero-order chi connectivity index (χ0) is 16.5. The number of nitrogens with zero attached hydrogens (tertiary/aromatic N) is 2. The van der Waals surface area contributed by atoms with Crippen molar-refractivity contribution < 1.29 is 4.79 Å². The van der Waals surface area contributed by atoms with Crippen LogP contribution in [0.3, 0.4) is 0 Å². The number of imidazole rings is 1. The molecule has 2 aromatic heterocycles. The first-order valence-corrected chi connectivity index (χ1v) is 7.82. The number of aromatic amines is 1. The zero-order valence-electron chi connectivity index (χ0n) is 13.2. The van der Waals surface area contributed by atoms with Crippen LogP contribution in [-0.4, -0.2) is 20.9 Å². The molecular formula is C19H16N4O. The number of para-hydroxylation sites is 3. The Morgan fingerprint density at radius 1 is 0.958 bits per heavy atom. The number of hydrogen-bond donors (Lipinski definition) is 2. The summed E-state index contributed by atoms with van der Waals surface area (Å²) in [7, 11) is 0. The quantitative estimate of drug-likeness (QED) is 0.606. The van der Waals surface area contributed by atoms with Gasteiger partial charge in [-0.15, -0.1) is 0 Å². The van der Waals surface area contributed by atoms with E-state index >= 15 is 0 Å². The summed E-state index contributed by atoms with van der Waals surface area (Å²) < 4.78 is 0. The molecule has 5 nitrogen and oxygen atoms in total. The molecule has 0 spiro atoms. The second-order valence-electron chi connectivity index (χ2n) is 5.72.